The Balaban J connectivity index is 1.78. The first kappa shape index (κ1) is 17.4. The van der Waals surface area contributed by atoms with Crippen molar-refractivity contribution in [3.05, 3.63) is 41.0 Å². The summed E-state index contributed by atoms with van der Waals surface area (Å²) in [6.07, 6.45) is 1.35. The number of nitrogens with zero attached hydrogens (tertiary/aromatic N) is 3. The summed E-state index contributed by atoms with van der Waals surface area (Å²) in [7, 11) is 3.32. The highest BCUT2D eigenvalue weighted by Crippen LogP contribution is 2.36. The Morgan fingerprint density at radius 2 is 2.32 bits per heavy atom. The number of aromatic nitrogens is 2. The molecular weight excluding hydrogens is 326 g/mol. The zero-order chi connectivity index (χ0) is 17.8. The molecule has 1 aromatic carbocycles. The number of fused-ring (bicyclic) bond motifs is 1. The van der Waals surface area contributed by atoms with Crippen LogP contribution in [0, 0.1) is 0 Å². The first-order valence-electron chi connectivity index (χ1n) is 8.08. The first-order valence-corrected chi connectivity index (χ1v) is 8.08. The molecule has 0 amide bonds. The summed E-state index contributed by atoms with van der Waals surface area (Å²) in [5.74, 6) is 0.632. The van der Waals surface area contributed by atoms with E-state index in [0.717, 1.165) is 12.0 Å². The molecule has 0 saturated heterocycles. The van der Waals surface area contributed by atoms with Crippen LogP contribution in [0.5, 0.6) is 5.75 Å². The second kappa shape index (κ2) is 7.62. The van der Waals surface area contributed by atoms with E-state index in [-0.39, 0.29) is 6.54 Å². The Kier molecular flexibility index (Phi) is 5.30. The van der Waals surface area contributed by atoms with Gasteiger partial charge in [-0.05, 0) is 12.6 Å². The maximum atomic E-state index is 11.9. The summed E-state index contributed by atoms with van der Waals surface area (Å²) >= 11 is 0. The van der Waals surface area contributed by atoms with Crippen molar-refractivity contribution in [2.75, 3.05) is 27.4 Å². The van der Waals surface area contributed by atoms with Gasteiger partial charge in [-0.25, -0.2) is 0 Å². The molecule has 3 rings (SSSR count). The van der Waals surface area contributed by atoms with Gasteiger partial charge in [-0.15, -0.1) is 0 Å². The van der Waals surface area contributed by atoms with Gasteiger partial charge in [0.2, 0.25) is 5.89 Å². The molecule has 0 spiro atoms. The lowest BCUT2D eigenvalue weighted by molar-refractivity contribution is -0.143. The molecule has 1 aliphatic rings. The van der Waals surface area contributed by atoms with Crippen molar-refractivity contribution in [3.8, 4) is 5.75 Å². The van der Waals surface area contributed by atoms with Gasteiger partial charge in [-0.1, -0.05) is 23.4 Å². The standard InChI is InChI=1S/C17H21N3O5/c1-20(10-14-18-13(19-25-14)7-8-23-2)15(17(21)22)12-5-3-4-11-6-9-24-16(11)12/h3-5,15H,6-10H2,1-2H3,(H,21,22)/t15-/m0/s1. The number of carboxylic acids is 1. The number of hydrogen-bond acceptors (Lipinski definition) is 7. The minimum absolute atomic E-state index is 0.223. The van der Waals surface area contributed by atoms with Gasteiger partial charge < -0.3 is 19.1 Å². The number of hydrogen-bond donors (Lipinski definition) is 1. The molecule has 2 heterocycles. The smallest absolute Gasteiger partial charge is 0.325 e. The number of carbonyl (C=O) groups is 1. The van der Waals surface area contributed by atoms with Gasteiger partial charge in [0.05, 0.1) is 19.8 Å². The lowest BCUT2D eigenvalue weighted by Gasteiger charge is -2.24. The fourth-order valence-electron chi connectivity index (χ4n) is 2.97. The number of ether oxygens (including phenoxy) is 2. The Labute approximate surface area is 145 Å². The Morgan fingerprint density at radius 1 is 1.48 bits per heavy atom. The molecule has 0 radical (unpaired) electrons. The molecule has 0 aliphatic carbocycles. The zero-order valence-electron chi connectivity index (χ0n) is 14.3. The highest BCUT2D eigenvalue weighted by atomic mass is 16.5. The molecule has 1 atom stereocenters. The van der Waals surface area contributed by atoms with E-state index in [9.17, 15) is 9.90 Å². The van der Waals surface area contributed by atoms with Crippen LogP contribution in [-0.4, -0.2) is 53.5 Å². The molecule has 0 bridgehead atoms. The second-order valence-corrected chi connectivity index (χ2v) is 5.94. The van der Waals surface area contributed by atoms with Crippen LogP contribution in [0.25, 0.3) is 0 Å². The van der Waals surface area contributed by atoms with E-state index in [4.69, 9.17) is 14.0 Å². The predicted octanol–water partition coefficient (Wildman–Crippen LogP) is 1.45. The molecule has 1 aromatic heterocycles. The number of methoxy groups -OCH3 is 1. The van der Waals surface area contributed by atoms with E-state index >= 15 is 0 Å². The third-order valence-corrected chi connectivity index (χ3v) is 4.14. The second-order valence-electron chi connectivity index (χ2n) is 5.94. The van der Waals surface area contributed by atoms with Gasteiger partial charge in [0.1, 0.15) is 11.8 Å². The molecule has 2 aromatic rings. The Morgan fingerprint density at radius 3 is 3.08 bits per heavy atom. The van der Waals surface area contributed by atoms with Crippen molar-refractivity contribution in [3.63, 3.8) is 0 Å². The first-order chi connectivity index (χ1) is 12.1. The van der Waals surface area contributed by atoms with Crippen molar-refractivity contribution in [2.24, 2.45) is 0 Å². The van der Waals surface area contributed by atoms with Crippen LogP contribution in [0.15, 0.2) is 22.7 Å². The Bertz CT molecular complexity index is 746. The molecule has 1 N–H and O–H groups in total. The van der Waals surface area contributed by atoms with Gasteiger partial charge in [0, 0.05) is 25.5 Å². The molecule has 0 fully saturated rings. The van der Waals surface area contributed by atoms with Gasteiger partial charge in [-0.2, -0.15) is 4.98 Å². The molecule has 0 unspecified atom stereocenters. The van der Waals surface area contributed by atoms with Crippen LogP contribution in [0.3, 0.4) is 0 Å². The van der Waals surface area contributed by atoms with Crippen LogP contribution in [0.4, 0.5) is 0 Å². The minimum Gasteiger partial charge on any atom is -0.493 e. The normalized spacial score (nSPS) is 14.4. The van der Waals surface area contributed by atoms with E-state index in [1.165, 1.54) is 0 Å². The average molecular weight is 347 g/mol. The topological polar surface area (TPSA) is 97.9 Å². The van der Waals surface area contributed by atoms with Crippen molar-refractivity contribution in [2.45, 2.75) is 25.4 Å². The molecular formula is C17H21N3O5. The predicted molar refractivity (Wildman–Crippen MR) is 87.4 cm³/mol. The molecule has 8 nitrogen and oxygen atoms in total. The minimum atomic E-state index is -0.953. The summed E-state index contributed by atoms with van der Waals surface area (Å²) < 4.78 is 15.8. The monoisotopic (exact) mass is 347 g/mol. The van der Waals surface area contributed by atoms with E-state index in [1.807, 2.05) is 12.1 Å². The number of para-hydroxylation sites is 1. The van der Waals surface area contributed by atoms with E-state index in [1.54, 1.807) is 25.1 Å². The van der Waals surface area contributed by atoms with Crippen LogP contribution in [-0.2, 0) is 28.9 Å². The third-order valence-electron chi connectivity index (χ3n) is 4.14. The van der Waals surface area contributed by atoms with E-state index < -0.39 is 12.0 Å². The number of likely N-dealkylation sites (N-methyl/N-ethyl adjacent to an activating group) is 1. The molecule has 0 saturated carbocycles. The highest BCUT2D eigenvalue weighted by molar-refractivity contribution is 5.77. The number of carboxylic acid groups (broad SMARTS) is 1. The summed E-state index contributed by atoms with van der Waals surface area (Å²) in [5.41, 5.74) is 1.68. The molecule has 1 aliphatic heterocycles. The van der Waals surface area contributed by atoms with Gasteiger partial charge in [-0.3, -0.25) is 9.69 Å². The van der Waals surface area contributed by atoms with Crippen molar-refractivity contribution in [1.29, 1.82) is 0 Å². The number of benzene rings is 1. The molecule has 8 heteroatoms. The maximum Gasteiger partial charge on any atom is 0.325 e. The number of aliphatic carboxylic acids is 1. The summed E-state index contributed by atoms with van der Waals surface area (Å²) in [4.78, 5) is 17.8. The highest BCUT2D eigenvalue weighted by Gasteiger charge is 2.31. The van der Waals surface area contributed by atoms with E-state index in [0.29, 0.717) is 42.7 Å². The van der Waals surface area contributed by atoms with E-state index in [2.05, 4.69) is 10.1 Å². The van der Waals surface area contributed by atoms with Crippen LogP contribution >= 0.6 is 0 Å². The van der Waals surface area contributed by atoms with Crippen LogP contribution in [0.2, 0.25) is 0 Å². The summed E-state index contributed by atoms with van der Waals surface area (Å²) in [5, 5.41) is 13.6. The van der Waals surface area contributed by atoms with Gasteiger partial charge in [0.15, 0.2) is 5.82 Å². The molecule has 134 valence electrons. The largest absolute Gasteiger partial charge is 0.493 e. The fourth-order valence-corrected chi connectivity index (χ4v) is 2.97. The van der Waals surface area contributed by atoms with Crippen molar-refractivity contribution >= 4 is 5.97 Å². The number of rotatable bonds is 8. The SMILES string of the molecule is COCCc1noc(CN(C)[C@H](C(=O)O)c2cccc3c2OCC3)n1. The summed E-state index contributed by atoms with van der Waals surface area (Å²) in [6, 6.07) is 4.76. The van der Waals surface area contributed by atoms with Crippen molar-refractivity contribution < 1.29 is 23.9 Å². The Hall–Kier alpha value is -2.45. The lowest BCUT2D eigenvalue weighted by Crippen LogP contribution is -2.31. The quantitative estimate of drug-likeness (QED) is 0.766. The zero-order valence-corrected chi connectivity index (χ0v) is 14.3. The fraction of sp³-hybridized carbons (Fsp3) is 0.471. The average Bonchev–Trinajstić information content (AvgIpc) is 3.22. The van der Waals surface area contributed by atoms with Crippen LogP contribution < -0.4 is 4.74 Å². The maximum absolute atomic E-state index is 11.9. The van der Waals surface area contributed by atoms with Crippen LogP contribution in [0.1, 0.15) is 28.9 Å². The van der Waals surface area contributed by atoms with Crippen molar-refractivity contribution in [1.82, 2.24) is 15.0 Å². The van der Waals surface area contributed by atoms with Gasteiger partial charge in [0.25, 0.3) is 0 Å². The molecule has 25 heavy (non-hydrogen) atoms. The summed E-state index contributed by atoms with van der Waals surface area (Å²) in [6.45, 7) is 1.30. The third kappa shape index (κ3) is 3.80. The lowest BCUT2D eigenvalue weighted by atomic mass is 10.0. The van der Waals surface area contributed by atoms with Gasteiger partial charge >= 0.3 is 5.97 Å².